The number of ether oxygens (including phenoxy) is 2. The Morgan fingerprint density at radius 2 is 1.91 bits per heavy atom. The predicted molar refractivity (Wildman–Crippen MR) is 87.9 cm³/mol. The molecule has 5 nitrogen and oxygen atoms in total. The highest BCUT2D eigenvalue weighted by molar-refractivity contribution is 5.95. The van der Waals surface area contributed by atoms with Gasteiger partial charge in [0, 0.05) is 11.3 Å². The van der Waals surface area contributed by atoms with Crippen molar-refractivity contribution in [1.82, 2.24) is 5.43 Å². The molecule has 3 rings (SSSR count). The highest BCUT2D eigenvalue weighted by Crippen LogP contribution is 2.32. The molecule has 0 spiro atoms. The first-order valence-electron chi connectivity index (χ1n) is 7.49. The van der Waals surface area contributed by atoms with Crippen LogP contribution >= 0.6 is 0 Å². The van der Waals surface area contributed by atoms with Crippen LogP contribution in [-0.2, 0) is 6.42 Å². The Hall–Kier alpha value is -2.82. The van der Waals surface area contributed by atoms with E-state index in [1.807, 2.05) is 25.1 Å². The normalized spacial score (nSPS) is 13.0. The molecule has 0 fully saturated rings. The van der Waals surface area contributed by atoms with Gasteiger partial charge in [0.15, 0.2) is 11.5 Å². The van der Waals surface area contributed by atoms with E-state index in [1.54, 1.807) is 18.2 Å². The molecule has 0 bridgehead atoms. The lowest BCUT2D eigenvalue weighted by Gasteiger charge is -2.04. The Morgan fingerprint density at radius 1 is 1.13 bits per heavy atom. The van der Waals surface area contributed by atoms with Gasteiger partial charge in [-0.3, -0.25) is 4.79 Å². The highest BCUT2D eigenvalue weighted by atomic mass is 16.7. The van der Waals surface area contributed by atoms with Crippen LogP contribution in [0.25, 0.3) is 0 Å². The molecule has 1 aliphatic rings. The number of hydrogen-bond donors (Lipinski definition) is 1. The molecule has 1 aliphatic heterocycles. The van der Waals surface area contributed by atoms with Crippen molar-refractivity contribution in [2.24, 2.45) is 5.10 Å². The van der Waals surface area contributed by atoms with Crippen molar-refractivity contribution in [3.8, 4) is 11.5 Å². The number of carbonyl (C=O) groups excluding carboxylic acids is 1. The predicted octanol–water partition coefficient (Wildman–Crippen LogP) is 3.15. The van der Waals surface area contributed by atoms with Gasteiger partial charge < -0.3 is 9.47 Å². The number of amides is 1. The van der Waals surface area contributed by atoms with Gasteiger partial charge in [-0.05, 0) is 43.5 Å². The zero-order valence-corrected chi connectivity index (χ0v) is 12.9. The Balaban J connectivity index is 1.55. The van der Waals surface area contributed by atoms with Gasteiger partial charge in [-0.15, -0.1) is 0 Å². The Labute approximate surface area is 134 Å². The van der Waals surface area contributed by atoms with Gasteiger partial charge in [-0.25, -0.2) is 5.43 Å². The summed E-state index contributed by atoms with van der Waals surface area (Å²) in [5, 5.41) is 4.15. The highest BCUT2D eigenvalue weighted by Gasteiger charge is 2.15. The number of fused-ring (bicyclic) bond motifs is 1. The van der Waals surface area contributed by atoms with Gasteiger partial charge in [0.1, 0.15) is 0 Å². The molecule has 2 aromatic rings. The fourth-order valence-corrected chi connectivity index (χ4v) is 2.27. The molecule has 1 heterocycles. The first kappa shape index (κ1) is 15.1. The SMILES string of the molecule is C/C(CCc1ccccc1)=N/NC(=O)c1ccc2c(c1)OCO2. The zero-order chi connectivity index (χ0) is 16.1. The average Bonchev–Trinajstić information content (AvgIpc) is 3.06. The van der Waals surface area contributed by atoms with Crippen LogP contribution in [0.3, 0.4) is 0 Å². The Morgan fingerprint density at radius 3 is 2.74 bits per heavy atom. The number of nitrogens with zero attached hydrogens (tertiary/aromatic N) is 1. The molecule has 2 aromatic carbocycles. The van der Waals surface area contributed by atoms with Gasteiger partial charge in [0.2, 0.25) is 6.79 Å². The number of benzene rings is 2. The van der Waals surface area contributed by atoms with E-state index in [4.69, 9.17) is 9.47 Å². The summed E-state index contributed by atoms with van der Waals surface area (Å²) >= 11 is 0. The molecule has 0 atom stereocenters. The third-order valence-electron chi connectivity index (χ3n) is 3.60. The van der Waals surface area contributed by atoms with Crippen LogP contribution in [0.2, 0.25) is 0 Å². The monoisotopic (exact) mass is 310 g/mol. The van der Waals surface area contributed by atoms with Crippen molar-refractivity contribution >= 4 is 11.6 Å². The lowest BCUT2D eigenvalue weighted by molar-refractivity contribution is 0.0954. The van der Waals surface area contributed by atoms with E-state index in [2.05, 4.69) is 22.7 Å². The fourth-order valence-electron chi connectivity index (χ4n) is 2.27. The molecule has 0 saturated carbocycles. The van der Waals surface area contributed by atoms with Gasteiger partial charge in [0.05, 0.1) is 0 Å². The lowest BCUT2D eigenvalue weighted by Crippen LogP contribution is -2.19. The van der Waals surface area contributed by atoms with Crippen LogP contribution in [0.4, 0.5) is 0 Å². The molecule has 118 valence electrons. The van der Waals surface area contributed by atoms with E-state index < -0.39 is 0 Å². The Bertz CT molecular complexity index is 726. The second-order valence-electron chi connectivity index (χ2n) is 5.34. The topological polar surface area (TPSA) is 59.9 Å². The number of hydrogen-bond acceptors (Lipinski definition) is 4. The van der Waals surface area contributed by atoms with E-state index in [-0.39, 0.29) is 12.7 Å². The largest absolute Gasteiger partial charge is 0.454 e. The summed E-state index contributed by atoms with van der Waals surface area (Å²) in [6, 6.07) is 15.3. The maximum atomic E-state index is 12.1. The summed E-state index contributed by atoms with van der Waals surface area (Å²) in [4.78, 5) is 12.1. The third kappa shape index (κ3) is 3.88. The number of rotatable bonds is 5. The smallest absolute Gasteiger partial charge is 0.271 e. The van der Waals surface area contributed by atoms with Crippen molar-refractivity contribution in [2.45, 2.75) is 19.8 Å². The minimum absolute atomic E-state index is 0.192. The van der Waals surface area contributed by atoms with Crippen molar-refractivity contribution in [2.75, 3.05) is 6.79 Å². The van der Waals surface area contributed by atoms with E-state index in [0.29, 0.717) is 17.1 Å². The molecule has 1 amide bonds. The van der Waals surface area contributed by atoms with Crippen LogP contribution < -0.4 is 14.9 Å². The second-order valence-corrected chi connectivity index (χ2v) is 5.34. The fraction of sp³-hybridized carbons (Fsp3) is 0.222. The summed E-state index contributed by atoms with van der Waals surface area (Å²) in [5.41, 5.74) is 5.20. The van der Waals surface area contributed by atoms with E-state index in [1.165, 1.54) is 5.56 Å². The maximum absolute atomic E-state index is 12.1. The van der Waals surface area contributed by atoms with Crippen molar-refractivity contribution in [3.63, 3.8) is 0 Å². The van der Waals surface area contributed by atoms with Crippen LogP contribution in [-0.4, -0.2) is 18.4 Å². The van der Waals surface area contributed by atoms with Crippen LogP contribution in [0.1, 0.15) is 29.3 Å². The van der Waals surface area contributed by atoms with E-state index in [0.717, 1.165) is 18.6 Å². The number of nitrogens with one attached hydrogen (secondary N) is 1. The first-order chi connectivity index (χ1) is 11.2. The third-order valence-corrected chi connectivity index (χ3v) is 3.60. The number of carbonyl (C=O) groups is 1. The van der Waals surface area contributed by atoms with Gasteiger partial charge >= 0.3 is 0 Å². The maximum Gasteiger partial charge on any atom is 0.271 e. The van der Waals surface area contributed by atoms with Gasteiger partial charge in [-0.1, -0.05) is 30.3 Å². The number of hydrazone groups is 1. The molecule has 23 heavy (non-hydrogen) atoms. The molecule has 0 aromatic heterocycles. The summed E-state index contributed by atoms with van der Waals surface area (Å²) in [6.45, 7) is 2.10. The molecule has 5 heteroatoms. The first-order valence-corrected chi connectivity index (χ1v) is 7.49. The minimum atomic E-state index is -0.262. The molecular weight excluding hydrogens is 292 g/mol. The average molecular weight is 310 g/mol. The molecule has 0 radical (unpaired) electrons. The van der Waals surface area contributed by atoms with Crippen molar-refractivity contribution < 1.29 is 14.3 Å². The van der Waals surface area contributed by atoms with Crippen molar-refractivity contribution in [1.29, 1.82) is 0 Å². The van der Waals surface area contributed by atoms with E-state index >= 15 is 0 Å². The summed E-state index contributed by atoms with van der Waals surface area (Å²) < 4.78 is 10.5. The molecule has 0 unspecified atom stereocenters. The van der Waals surface area contributed by atoms with Gasteiger partial charge in [-0.2, -0.15) is 5.10 Å². The number of aryl methyl sites for hydroxylation is 1. The summed E-state index contributed by atoms with van der Waals surface area (Å²) in [6.07, 6.45) is 1.70. The van der Waals surface area contributed by atoms with Crippen LogP contribution in [0.15, 0.2) is 53.6 Å². The molecule has 0 saturated heterocycles. The molecule has 1 N–H and O–H groups in total. The van der Waals surface area contributed by atoms with Crippen LogP contribution in [0, 0.1) is 0 Å². The zero-order valence-electron chi connectivity index (χ0n) is 12.9. The summed E-state index contributed by atoms with van der Waals surface area (Å²) in [5.74, 6) is 0.980. The quantitative estimate of drug-likeness (QED) is 0.681. The van der Waals surface area contributed by atoms with Gasteiger partial charge in [0.25, 0.3) is 5.91 Å². The Kier molecular flexibility index (Phi) is 4.57. The summed E-state index contributed by atoms with van der Waals surface area (Å²) in [7, 11) is 0. The second kappa shape index (κ2) is 6.96. The van der Waals surface area contributed by atoms with E-state index in [9.17, 15) is 4.79 Å². The van der Waals surface area contributed by atoms with Crippen molar-refractivity contribution in [3.05, 3.63) is 59.7 Å². The molecule has 0 aliphatic carbocycles. The lowest BCUT2D eigenvalue weighted by atomic mass is 10.1. The molecular formula is C18H18N2O3. The standard InChI is InChI=1S/C18H18N2O3/c1-13(7-8-14-5-3-2-4-6-14)19-20-18(21)15-9-10-16-17(11-15)23-12-22-16/h2-6,9-11H,7-8,12H2,1H3,(H,20,21)/b19-13-. The minimum Gasteiger partial charge on any atom is -0.454 e. The van der Waals surface area contributed by atoms with Crippen LogP contribution in [0.5, 0.6) is 11.5 Å².